The molecule has 1 saturated carbocycles. The first kappa shape index (κ1) is 16.8. The summed E-state index contributed by atoms with van der Waals surface area (Å²) in [7, 11) is 2.25. The lowest BCUT2D eigenvalue weighted by molar-refractivity contribution is 0.362. The molecule has 3 heteroatoms. The van der Waals surface area contributed by atoms with Crippen LogP contribution in [0, 0.1) is 5.92 Å². The van der Waals surface area contributed by atoms with E-state index in [0.29, 0.717) is 6.04 Å². The summed E-state index contributed by atoms with van der Waals surface area (Å²) >= 11 is 3.62. The van der Waals surface area contributed by atoms with Gasteiger partial charge in [0.15, 0.2) is 0 Å². The van der Waals surface area contributed by atoms with Gasteiger partial charge in [-0.1, -0.05) is 42.1 Å². The summed E-state index contributed by atoms with van der Waals surface area (Å²) in [6.07, 6.45) is 7.07. The van der Waals surface area contributed by atoms with Crippen LogP contribution in [0.1, 0.15) is 57.6 Å². The van der Waals surface area contributed by atoms with Crippen molar-refractivity contribution in [1.82, 2.24) is 5.32 Å². The first-order valence-electron chi connectivity index (χ1n) is 8.35. The van der Waals surface area contributed by atoms with Crippen molar-refractivity contribution in [3.63, 3.8) is 0 Å². The molecule has 2 rings (SSSR count). The number of hydrogen-bond donors (Lipinski definition) is 1. The molecule has 1 aromatic rings. The highest BCUT2D eigenvalue weighted by molar-refractivity contribution is 9.10. The minimum absolute atomic E-state index is 0.385. The van der Waals surface area contributed by atoms with Gasteiger partial charge in [-0.3, -0.25) is 0 Å². The van der Waals surface area contributed by atoms with E-state index in [2.05, 4.69) is 65.2 Å². The Kier molecular flexibility index (Phi) is 6.56. The van der Waals surface area contributed by atoms with Gasteiger partial charge in [-0.2, -0.15) is 0 Å². The van der Waals surface area contributed by atoms with Gasteiger partial charge < -0.3 is 10.2 Å². The molecular weight excluding hydrogens is 324 g/mol. The lowest BCUT2D eigenvalue weighted by atomic mass is 9.89. The number of anilines is 1. The zero-order valence-electron chi connectivity index (χ0n) is 13.7. The van der Waals surface area contributed by atoms with Crippen molar-refractivity contribution in [3.05, 3.63) is 28.2 Å². The summed E-state index contributed by atoms with van der Waals surface area (Å²) in [5.74, 6) is 0.870. The summed E-state index contributed by atoms with van der Waals surface area (Å²) in [5, 5.41) is 3.54. The van der Waals surface area contributed by atoms with Crippen molar-refractivity contribution < 1.29 is 0 Å². The molecular formula is C18H29BrN2. The van der Waals surface area contributed by atoms with E-state index in [-0.39, 0.29) is 0 Å². The van der Waals surface area contributed by atoms with Crippen molar-refractivity contribution in [1.29, 1.82) is 0 Å². The van der Waals surface area contributed by atoms with Crippen LogP contribution in [0.4, 0.5) is 5.69 Å². The second-order valence-corrected chi connectivity index (χ2v) is 7.28. The second kappa shape index (κ2) is 8.19. The van der Waals surface area contributed by atoms with Crippen LogP contribution in [0.5, 0.6) is 0 Å². The van der Waals surface area contributed by atoms with E-state index in [1.165, 1.54) is 49.9 Å². The Labute approximate surface area is 138 Å². The van der Waals surface area contributed by atoms with E-state index in [1.807, 2.05) is 0 Å². The van der Waals surface area contributed by atoms with Crippen LogP contribution >= 0.6 is 15.9 Å². The van der Waals surface area contributed by atoms with Crippen molar-refractivity contribution in [2.24, 2.45) is 5.92 Å². The van der Waals surface area contributed by atoms with Gasteiger partial charge in [0.2, 0.25) is 0 Å². The summed E-state index contributed by atoms with van der Waals surface area (Å²) < 4.78 is 1.16. The van der Waals surface area contributed by atoms with Crippen molar-refractivity contribution >= 4 is 21.6 Å². The number of nitrogens with zero attached hydrogens (tertiary/aromatic N) is 1. The average molecular weight is 353 g/mol. The Morgan fingerprint density at radius 3 is 2.67 bits per heavy atom. The van der Waals surface area contributed by atoms with Gasteiger partial charge in [0.25, 0.3) is 0 Å². The third-order valence-electron chi connectivity index (χ3n) is 4.63. The summed E-state index contributed by atoms with van der Waals surface area (Å²) in [5.41, 5.74) is 2.77. The van der Waals surface area contributed by atoms with Crippen LogP contribution in [0.2, 0.25) is 0 Å². The van der Waals surface area contributed by atoms with Gasteiger partial charge in [0.05, 0.1) is 0 Å². The molecule has 1 aromatic carbocycles. The fourth-order valence-corrected chi connectivity index (χ4v) is 3.87. The van der Waals surface area contributed by atoms with Gasteiger partial charge in [-0.05, 0) is 56.0 Å². The Hall–Kier alpha value is -0.540. The molecule has 1 fully saturated rings. The Morgan fingerprint density at radius 2 is 2.00 bits per heavy atom. The monoisotopic (exact) mass is 352 g/mol. The highest BCUT2D eigenvalue weighted by Crippen LogP contribution is 2.31. The summed E-state index contributed by atoms with van der Waals surface area (Å²) in [6.45, 7) is 6.61. The van der Waals surface area contributed by atoms with Crippen LogP contribution in [0.25, 0.3) is 0 Å². The normalized spacial score (nSPS) is 17.7. The Bertz CT molecular complexity index is 441. The first-order chi connectivity index (χ1) is 10.1. The van der Waals surface area contributed by atoms with E-state index in [0.717, 1.165) is 16.9 Å². The molecule has 0 amide bonds. The predicted octanol–water partition coefficient (Wildman–Crippen LogP) is 5.14. The number of hydrogen-bond acceptors (Lipinski definition) is 2. The lowest BCUT2D eigenvalue weighted by Gasteiger charge is -2.31. The summed E-state index contributed by atoms with van der Waals surface area (Å²) in [4.78, 5) is 2.46. The van der Waals surface area contributed by atoms with Crippen LogP contribution in [-0.4, -0.2) is 20.1 Å². The van der Waals surface area contributed by atoms with E-state index in [9.17, 15) is 0 Å². The molecule has 0 spiro atoms. The van der Waals surface area contributed by atoms with Crippen molar-refractivity contribution in [2.45, 2.75) is 52.0 Å². The molecule has 118 valence electrons. The minimum Gasteiger partial charge on any atom is -0.374 e. The van der Waals surface area contributed by atoms with Crippen molar-refractivity contribution in [2.75, 3.05) is 25.0 Å². The second-order valence-electron chi connectivity index (χ2n) is 6.37. The molecule has 0 aliphatic heterocycles. The summed E-state index contributed by atoms with van der Waals surface area (Å²) in [6, 6.07) is 7.07. The quantitative estimate of drug-likeness (QED) is 0.762. The van der Waals surface area contributed by atoms with E-state index < -0.39 is 0 Å². The first-order valence-corrected chi connectivity index (χ1v) is 9.15. The van der Waals surface area contributed by atoms with Crippen LogP contribution in [0.3, 0.4) is 0 Å². The zero-order chi connectivity index (χ0) is 15.2. The fourth-order valence-electron chi connectivity index (χ4n) is 3.49. The molecule has 0 heterocycles. The number of rotatable bonds is 6. The predicted molar refractivity (Wildman–Crippen MR) is 96.1 cm³/mol. The topological polar surface area (TPSA) is 15.3 Å². The van der Waals surface area contributed by atoms with Crippen LogP contribution < -0.4 is 10.2 Å². The number of halogens is 1. The highest BCUT2D eigenvalue weighted by Gasteiger charge is 2.18. The molecule has 2 nitrogen and oxygen atoms in total. The van der Waals surface area contributed by atoms with E-state index in [1.54, 1.807) is 0 Å². The minimum atomic E-state index is 0.385. The van der Waals surface area contributed by atoms with Gasteiger partial charge >= 0.3 is 0 Å². The molecule has 1 unspecified atom stereocenters. The maximum Gasteiger partial charge on any atom is 0.0412 e. The van der Waals surface area contributed by atoms with Crippen molar-refractivity contribution in [3.8, 4) is 0 Å². The van der Waals surface area contributed by atoms with Crippen LogP contribution in [-0.2, 0) is 0 Å². The molecule has 1 aliphatic carbocycles. The maximum atomic E-state index is 3.62. The van der Waals surface area contributed by atoms with Gasteiger partial charge in [0.1, 0.15) is 0 Å². The SMILES string of the molecule is CCNC(C)c1cc(Br)ccc1N(C)CC1CCCCC1. The average Bonchev–Trinajstić information content (AvgIpc) is 2.48. The Balaban J connectivity index is 2.12. The number of benzene rings is 1. The molecule has 21 heavy (non-hydrogen) atoms. The van der Waals surface area contributed by atoms with Gasteiger partial charge in [-0.15, -0.1) is 0 Å². The standard InChI is InChI=1S/C18H29BrN2/c1-4-20-14(2)17-12-16(19)10-11-18(17)21(3)13-15-8-6-5-7-9-15/h10-12,14-15,20H,4-9,13H2,1-3H3. The fraction of sp³-hybridized carbons (Fsp3) is 0.667. The largest absolute Gasteiger partial charge is 0.374 e. The Morgan fingerprint density at radius 1 is 1.29 bits per heavy atom. The molecule has 1 N–H and O–H groups in total. The molecule has 0 aromatic heterocycles. The maximum absolute atomic E-state index is 3.62. The van der Waals surface area contributed by atoms with E-state index >= 15 is 0 Å². The highest BCUT2D eigenvalue weighted by atomic mass is 79.9. The van der Waals surface area contributed by atoms with Crippen LogP contribution in [0.15, 0.2) is 22.7 Å². The molecule has 0 saturated heterocycles. The lowest BCUT2D eigenvalue weighted by Crippen LogP contribution is -2.29. The third-order valence-corrected chi connectivity index (χ3v) is 5.13. The number of nitrogens with one attached hydrogen (secondary N) is 1. The molecule has 0 radical (unpaired) electrons. The van der Waals surface area contributed by atoms with Gasteiger partial charge in [-0.25, -0.2) is 0 Å². The van der Waals surface area contributed by atoms with E-state index in [4.69, 9.17) is 0 Å². The molecule has 1 aliphatic rings. The third kappa shape index (κ3) is 4.72. The zero-order valence-corrected chi connectivity index (χ0v) is 15.2. The van der Waals surface area contributed by atoms with Gasteiger partial charge in [0, 0.05) is 29.8 Å². The molecule has 1 atom stereocenters. The smallest absolute Gasteiger partial charge is 0.0412 e. The molecule has 0 bridgehead atoms.